The molecule has 0 aliphatic heterocycles. The average Bonchev–Trinajstić information content (AvgIpc) is 2.26. The van der Waals surface area contributed by atoms with Crippen LogP contribution >= 0.6 is 23.2 Å². The van der Waals surface area contributed by atoms with Crippen molar-refractivity contribution >= 4 is 23.2 Å². The van der Waals surface area contributed by atoms with Crippen LogP contribution < -0.4 is 4.74 Å². The Morgan fingerprint density at radius 2 is 1.71 bits per heavy atom. The van der Waals surface area contributed by atoms with Crippen molar-refractivity contribution in [3.05, 3.63) is 51.6 Å². The van der Waals surface area contributed by atoms with E-state index in [2.05, 4.69) is 4.98 Å². The van der Waals surface area contributed by atoms with Crippen molar-refractivity contribution in [3.63, 3.8) is 0 Å². The van der Waals surface area contributed by atoms with Gasteiger partial charge in [-0.2, -0.15) is 0 Å². The molecule has 0 bridgehead atoms. The normalized spacial score (nSPS) is 10.4. The summed E-state index contributed by atoms with van der Waals surface area (Å²) in [6.45, 7) is 3.88. The molecule has 0 spiro atoms. The SMILES string of the molecule is Cc1cc(Oc2cccc(Cl)n2)cc(C)c1Cl. The summed E-state index contributed by atoms with van der Waals surface area (Å²) in [6, 6.07) is 8.99. The van der Waals surface area contributed by atoms with Crippen molar-refractivity contribution in [1.29, 1.82) is 0 Å². The molecule has 0 unspecified atom stereocenters. The molecule has 1 aromatic carbocycles. The highest BCUT2D eigenvalue weighted by molar-refractivity contribution is 6.32. The first-order chi connectivity index (χ1) is 8.06. The maximum atomic E-state index is 6.09. The Hall–Kier alpha value is -1.25. The lowest BCUT2D eigenvalue weighted by Crippen LogP contribution is -1.90. The van der Waals surface area contributed by atoms with Crippen LogP contribution in [-0.4, -0.2) is 4.98 Å². The summed E-state index contributed by atoms with van der Waals surface area (Å²) in [7, 11) is 0. The zero-order valence-corrected chi connectivity index (χ0v) is 11.0. The van der Waals surface area contributed by atoms with E-state index < -0.39 is 0 Å². The fourth-order valence-electron chi connectivity index (χ4n) is 1.53. The molecule has 17 heavy (non-hydrogen) atoms. The Labute approximate surface area is 110 Å². The predicted octanol–water partition coefficient (Wildman–Crippen LogP) is 4.80. The van der Waals surface area contributed by atoms with Crippen LogP contribution in [0.3, 0.4) is 0 Å². The lowest BCUT2D eigenvalue weighted by atomic mass is 10.1. The van der Waals surface area contributed by atoms with Gasteiger partial charge in [-0.1, -0.05) is 29.3 Å². The molecule has 88 valence electrons. The monoisotopic (exact) mass is 267 g/mol. The Kier molecular flexibility index (Phi) is 3.55. The zero-order chi connectivity index (χ0) is 12.4. The minimum absolute atomic E-state index is 0.407. The number of pyridine rings is 1. The molecule has 4 heteroatoms. The van der Waals surface area contributed by atoms with Crippen molar-refractivity contribution in [1.82, 2.24) is 4.98 Å². The standard InChI is InChI=1S/C13H11Cl2NO/c1-8-6-10(7-9(2)13(8)15)17-12-5-3-4-11(14)16-12/h3-7H,1-2H3. The molecule has 0 N–H and O–H groups in total. The Morgan fingerprint density at radius 1 is 1.06 bits per heavy atom. The van der Waals surface area contributed by atoms with E-state index >= 15 is 0 Å². The Bertz CT molecular complexity index is 532. The van der Waals surface area contributed by atoms with Gasteiger partial charge in [-0.25, -0.2) is 4.98 Å². The van der Waals surface area contributed by atoms with E-state index in [4.69, 9.17) is 27.9 Å². The van der Waals surface area contributed by atoms with Gasteiger partial charge in [0.15, 0.2) is 0 Å². The maximum Gasteiger partial charge on any atom is 0.220 e. The summed E-state index contributed by atoms with van der Waals surface area (Å²) in [5, 5.41) is 1.17. The molecular formula is C13H11Cl2NO. The lowest BCUT2D eigenvalue weighted by molar-refractivity contribution is 0.462. The molecule has 0 atom stereocenters. The van der Waals surface area contributed by atoms with Gasteiger partial charge in [0.1, 0.15) is 10.9 Å². The quantitative estimate of drug-likeness (QED) is 0.730. The average molecular weight is 268 g/mol. The number of hydrogen-bond donors (Lipinski definition) is 0. The first kappa shape index (κ1) is 12.2. The number of halogens is 2. The summed E-state index contributed by atoms with van der Waals surface area (Å²) in [4.78, 5) is 4.06. The number of rotatable bonds is 2. The van der Waals surface area contributed by atoms with E-state index in [-0.39, 0.29) is 0 Å². The van der Waals surface area contributed by atoms with E-state index in [1.807, 2.05) is 26.0 Å². The number of nitrogens with zero attached hydrogens (tertiary/aromatic N) is 1. The highest BCUT2D eigenvalue weighted by Crippen LogP contribution is 2.28. The Morgan fingerprint density at radius 3 is 2.29 bits per heavy atom. The number of hydrogen-bond acceptors (Lipinski definition) is 2. The smallest absolute Gasteiger partial charge is 0.220 e. The first-order valence-electron chi connectivity index (χ1n) is 5.13. The highest BCUT2D eigenvalue weighted by Gasteiger charge is 2.05. The van der Waals surface area contributed by atoms with Crippen molar-refractivity contribution < 1.29 is 4.74 Å². The fraction of sp³-hybridized carbons (Fsp3) is 0.154. The van der Waals surface area contributed by atoms with Crippen LogP contribution in [0.2, 0.25) is 10.2 Å². The van der Waals surface area contributed by atoms with E-state index in [1.165, 1.54) is 0 Å². The second-order valence-corrected chi connectivity index (χ2v) is 4.54. The molecule has 0 aliphatic rings. The van der Waals surface area contributed by atoms with Crippen LogP contribution in [0, 0.1) is 13.8 Å². The van der Waals surface area contributed by atoms with Gasteiger partial charge in [0.2, 0.25) is 5.88 Å². The number of aryl methyl sites for hydroxylation is 2. The zero-order valence-electron chi connectivity index (χ0n) is 9.50. The lowest BCUT2D eigenvalue weighted by Gasteiger charge is -2.08. The predicted molar refractivity (Wildman–Crippen MR) is 70.2 cm³/mol. The second kappa shape index (κ2) is 4.94. The number of benzene rings is 1. The Balaban J connectivity index is 2.31. The molecule has 0 saturated carbocycles. The number of aromatic nitrogens is 1. The molecule has 2 rings (SSSR count). The van der Waals surface area contributed by atoms with Crippen LogP contribution in [-0.2, 0) is 0 Å². The van der Waals surface area contributed by atoms with E-state index in [9.17, 15) is 0 Å². The molecular weight excluding hydrogens is 257 g/mol. The summed E-state index contributed by atoms with van der Waals surface area (Å²) >= 11 is 11.9. The van der Waals surface area contributed by atoms with Crippen LogP contribution in [0.4, 0.5) is 0 Å². The van der Waals surface area contributed by atoms with Crippen LogP contribution in [0.1, 0.15) is 11.1 Å². The van der Waals surface area contributed by atoms with Crippen molar-refractivity contribution in [2.45, 2.75) is 13.8 Å². The second-order valence-electron chi connectivity index (χ2n) is 3.77. The topological polar surface area (TPSA) is 22.1 Å². The van der Waals surface area contributed by atoms with Gasteiger partial charge in [-0.15, -0.1) is 0 Å². The third-order valence-corrected chi connectivity index (χ3v) is 3.13. The third-order valence-electron chi connectivity index (χ3n) is 2.32. The van der Waals surface area contributed by atoms with Crippen LogP contribution in [0.25, 0.3) is 0 Å². The van der Waals surface area contributed by atoms with Crippen molar-refractivity contribution in [2.24, 2.45) is 0 Å². The van der Waals surface area contributed by atoms with Crippen molar-refractivity contribution in [2.75, 3.05) is 0 Å². The highest BCUT2D eigenvalue weighted by atomic mass is 35.5. The van der Waals surface area contributed by atoms with E-state index in [1.54, 1.807) is 18.2 Å². The van der Waals surface area contributed by atoms with Gasteiger partial charge in [-0.05, 0) is 43.2 Å². The molecule has 0 aliphatic carbocycles. The van der Waals surface area contributed by atoms with Gasteiger partial charge in [0.25, 0.3) is 0 Å². The molecule has 0 radical (unpaired) electrons. The van der Waals surface area contributed by atoms with Gasteiger partial charge < -0.3 is 4.74 Å². The summed E-state index contributed by atoms with van der Waals surface area (Å²) in [5.41, 5.74) is 1.95. The first-order valence-corrected chi connectivity index (χ1v) is 5.89. The van der Waals surface area contributed by atoms with Gasteiger partial charge >= 0.3 is 0 Å². The largest absolute Gasteiger partial charge is 0.439 e. The molecule has 1 aromatic heterocycles. The van der Waals surface area contributed by atoms with E-state index in [0.717, 1.165) is 16.1 Å². The minimum Gasteiger partial charge on any atom is -0.439 e. The van der Waals surface area contributed by atoms with Crippen molar-refractivity contribution in [3.8, 4) is 11.6 Å². The third kappa shape index (κ3) is 2.90. The molecule has 1 heterocycles. The van der Waals surface area contributed by atoms with Gasteiger partial charge in [0.05, 0.1) is 0 Å². The molecule has 2 aromatic rings. The molecule has 0 saturated heterocycles. The van der Waals surface area contributed by atoms with Gasteiger partial charge in [0, 0.05) is 11.1 Å². The van der Waals surface area contributed by atoms with E-state index in [0.29, 0.717) is 16.8 Å². The molecule has 0 fully saturated rings. The van der Waals surface area contributed by atoms with Gasteiger partial charge in [-0.3, -0.25) is 0 Å². The van der Waals surface area contributed by atoms with Crippen LogP contribution in [0.5, 0.6) is 11.6 Å². The van der Waals surface area contributed by atoms with Crippen LogP contribution in [0.15, 0.2) is 30.3 Å². The maximum absolute atomic E-state index is 6.09. The molecule has 0 amide bonds. The summed E-state index contributed by atoms with van der Waals surface area (Å²) < 4.78 is 5.62. The number of ether oxygens (including phenoxy) is 1. The summed E-state index contributed by atoms with van der Waals surface area (Å²) in [5.74, 6) is 1.18. The fourth-order valence-corrected chi connectivity index (χ4v) is 1.80. The molecule has 2 nitrogen and oxygen atoms in total. The summed E-state index contributed by atoms with van der Waals surface area (Å²) in [6.07, 6.45) is 0. The minimum atomic E-state index is 0.407.